The van der Waals surface area contributed by atoms with Crippen LogP contribution in [-0.4, -0.2) is 29.5 Å². The molecule has 1 amide bonds. The van der Waals surface area contributed by atoms with E-state index in [2.05, 4.69) is 17.4 Å². The number of amides is 1. The third-order valence-corrected chi connectivity index (χ3v) is 7.75. The first-order valence-corrected chi connectivity index (χ1v) is 12.9. The molecule has 2 aliphatic rings. The molecule has 0 radical (unpaired) electrons. The molecule has 2 N–H and O–H groups in total. The number of nitrogens with one attached hydrogen (secondary N) is 1. The SMILES string of the molecule is CC(C)(C)OC(=O)N[C@@](C)(CO)c1ccc2cc(OC3CCC4(CCCCC4)CC3)ccc2c1. The van der Waals surface area contributed by atoms with Crippen LogP contribution >= 0.6 is 0 Å². The number of benzene rings is 2. The van der Waals surface area contributed by atoms with E-state index < -0.39 is 17.2 Å². The van der Waals surface area contributed by atoms with Crippen LogP contribution in [0.5, 0.6) is 5.75 Å². The van der Waals surface area contributed by atoms with E-state index in [4.69, 9.17) is 9.47 Å². The molecular weight excluding hydrogens is 426 g/mol. The Morgan fingerprint density at radius 2 is 1.62 bits per heavy atom. The average molecular weight is 468 g/mol. The lowest BCUT2D eigenvalue weighted by Crippen LogP contribution is -2.48. The highest BCUT2D eigenvalue weighted by Gasteiger charge is 2.36. The Kier molecular flexibility index (Phi) is 7.14. The van der Waals surface area contributed by atoms with Gasteiger partial charge in [-0.1, -0.05) is 37.5 Å². The molecular formula is C29H41NO4. The van der Waals surface area contributed by atoms with Crippen LogP contribution in [0, 0.1) is 5.41 Å². The molecule has 2 aromatic carbocycles. The third kappa shape index (κ3) is 5.86. The van der Waals surface area contributed by atoms with Crippen LogP contribution in [0.3, 0.4) is 0 Å². The molecule has 2 saturated carbocycles. The van der Waals surface area contributed by atoms with Crippen molar-refractivity contribution in [2.24, 2.45) is 5.41 Å². The number of fused-ring (bicyclic) bond motifs is 1. The molecule has 0 aliphatic heterocycles. The van der Waals surface area contributed by atoms with Gasteiger partial charge in [0.05, 0.1) is 18.2 Å². The predicted molar refractivity (Wildman–Crippen MR) is 136 cm³/mol. The summed E-state index contributed by atoms with van der Waals surface area (Å²) in [5.41, 5.74) is -0.115. The van der Waals surface area contributed by atoms with Crippen LogP contribution in [0.25, 0.3) is 10.8 Å². The summed E-state index contributed by atoms with van der Waals surface area (Å²) in [6.45, 7) is 7.03. The highest BCUT2D eigenvalue weighted by Crippen LogP contribution is 2.48. The Hall–Kier alpha value is -2.27. The van der Waals surface area contributed by atoms with Crippen molar-refractivity contribution in [1.29, 1.82) is 0 Å². The van der Waals surface area contributed by atoms with Gasteiger partial charge in [-0.05, 0) is 106 Å². The number of carbonyl (C=O) groups excluding carboxylic acids is 1. The van der Waals surface area contributed by atoms with Gasteiger partial charge in [-0.2, -0.15) is 0 Å². The van der Waals surface area contributed by atoms with Crippen LogP contribution in [0.15, 0.2) is 36.4 Å². The predicted octanol–water partition coefficient (Wildman–Crippen LogP) is 6.84. The van der Waals surface area contributed by atoms with Crippen LogP contribution in [0.4, 0.5) is 4.79 Å². The number of carbonyl (C=O) groups is 1. The van der Waals surface area contributed by atoms with Crippen molar-refractivity contribution in [1.82, 2.24) is 5.32 Å². The molecule has 0 unspecified atom stereocenters. The molecule has 4 rings (SSSR count). The Morgan fingerprint density at radius 1 is 0.971 bits per heavy atom. The molecule has 1 atom stereocenters. The van der Waals surface area contributed by atoms with Gasteiger partial charge in [0.25, 0.3) is 0 Å². The van der Waals surface area contributed by atoms with Crippen molar-refractivity contribution < 1.29 is 19.4 Å². The van der Waals surface area contributed by atoms with Gasteiger partial charge >= 0.3 is 6.09 Å². The first-order valence-electron chi connectivity index (χ1n) is 12.9. The highest BCUT2D eigenvalue weighted by atomic mass is 16.6. The largest absolute Gasteiger partial charge is 0.490 e. The van der Waals surface area contributed by atoms with E-state index in [1.54, 1.807) is 6.92 Å². The summed E-state index contributed by atoms with van der Waals surface area (Å²) in [5, 5.41) is 15.0. The average Bonchev–Trinajstić information content (AvgIpc) is 2.79. The molecule has 0 bridgehead atoms. The summed E-state index contributed by atoms with van der Waals surface area (Å²) in [4.78, 5) is 12.3. The number of aliphatic hydroxyl groups excluding tert-OH is 1. The maximum atomic E-state index is 12.3. The minimum Gasteiger partial charge on any atom is -0.490 e. The molecule has 1 spiro atoms. The Morgan fingerprint density at radius 3 is 2.26 bits per heavy atom. The Balaban J connectivity index is 1.42. The minimum atomic E-state index is -0.942. The zero-order chi connectivity index (χ0) is 24.4. The van der Waals surface area contributed by atoms with Crippen molar-refractivity contribution in [2.45, 2.75) is 103 Å². The maximum absolute atomic E-state index is 12.3. The monoisotopic (exact) mass is 467 g/mol. The lowest BCUT2D eigenvalue weighted by Gasteiger charge is -2.42. The van der Waals surface area contributed by atoms with Crippen molar-refractivity contribution in [2.75, 3.05) is 6.61 Å². The second-order valence-electron chi connectivity index (χ2n) is 11.7. The van der Waals surface area contributed by atoms with Crippen molar-refractivity contribution in [3.8, 4) is 5.75 Å². The molecule has 2 aromatic rings. The van der Waals surface area contributed by atoms with E-state index in [1.165, 1.54) is 44.9 Å². The molecule has 5 heteroatoms. The zero-order valence-electron chi connectivity index (χ0n) is 21.3. The molecule has 34 heavy (non-hydrogen) atoms. The van der Waals surface area contributed by atoms with Gasteiger partial charge in [-0.15, -0.1) is 0 Å². The second-order valence-corrected chi connectivity index (χ2v) is 11.7. The summed E-state index contributed by atoms with van der Waals surface area (Å²) in [6, 6.07) is 12.2. The summed E-state index contributed by atoms with van der Waals surface area (Å²) in [5.74, 6) is 0.918. The molecule has 2 fully saturated rings. The summed E-state index contributed by atoms with van der Waals surface area (Å²) in [7, 11) is 0. The van der Waals surface area contributed by atoms with Gasteiger partial charge in [0.15, 0.2) is 0 Å². The molecule has 0 saturated heterocycles. The molecule has 5 nitrogen and oxygen atoms in total. The summed E-state index contributed by atoms with van der Waals surface area (Å²) < 4.78 is 11.8. The van der Waals surface area contributed by atoms with Gasteiger partial charge in [-0.25, -0.2) is 4.79 Å². The Labute approximate surface area is 204 Å². The summed E-state index contributed by atoms with van der Waals surface area (Å²) >= 11 is 0. The van der Waals surface area contributed by atoms with Gasteiger partial charge < -0.3 is 19.9 Å². The quantitative estimate of drug-likeness (QED) is 0.505. The second kappa shape index (κ2) is 9.77. The summed E-state index contributed by atoms with van der Waals surface area (Å²) in [6.07, 6.45) is 11.7. The third-order valence-electron chi connectivity index (χ3n) is 7.75. The first-order chi connectivity index (χ1) is 16.1. The number of ether oxygens (including phenoxy) is 2. The van der Waals surface area contributed by atoms with Crippen LogP contribution in [0.1, 0.15) is 91.0 Å². The normalized spacial score (nSPS) is 20.6. The number of hydrogen-bond donors (Lipinski definition) is 2. The van der Waals surface area contributed by atoms with E-state index in [9.17, 15) is 9.90 Å². The Bertz CT molecular complexity index is 995. The first kappa shape index (κ1) is 24.8. The molecule has 186 valence electrons. The zero-order valence-corrected chi connectivity index (χ0v) is 21.3. The van der Waals surface area contributed by atoms with Gasteiger partial charge in [0.1, 0.15) is 11.4 Å². The molecule has 0 aromatic heterocycles. The lowest BCUT2D eigenvalue weighted by molar-refractivity contribution is 0.0411. The smallest absolute Gasteiger partial charge is 0.408 e. The number of rotatable bonds is 5. The van der Waals surface area contributed by atoms with Crippen molar-refractivity contribution in [3.05, 3.63) is 42.0 Å². The van der Waals surface area contributed by atoms with Crippen molar-refractivity contribution >= 4 is 16.9 Å². The fraction of sp³-hybridized carbons (Fsp3) is 0.621. The van der Waals surface area contributed by atoms with Crippen LogP contribution < -0.4 is 10.1 Å². The van der Waals surface area contributed by atoms with Gasteiger partial charge in [0, 0.05) is 0 Å². The van der Waals surface area contributed by atoms with E-state index >= 15 is 0 Å². The van der Waals surface area contributed by atoms with Crippen LogP contribution in [-0.2, 0) is 10.3 Å². The minimum absolute atomic E-state index is 0.234. The van der Waals surface area contributed by atoms with Crippen molar-refractivity contribution in [3.63, 3.8) is 0 Å². The molecule has 0 heterocycles. The van der Waals surface area contributed by atoms with Gasteiger partial charge in [0.2, 0.25) is 0 Å². The van der Waals surface area contributed by atoms with E-state index in [0.717, 1.165) is 34.9 Å². The number of aliphatic hydroxyl groups is 1. The standard InChI is InChI=1S/C29H41NO4/c1-27(2,3)34-26(32)30-28(4,20-31)23-10-8-22-19-25(11-9-21(22)18-23)33-24-12-16-29(17-13-24)14-6-5-7-15-29/h8-11,18-19,24,31H,5-7,12-17,20H2,1-4H3,(H,30,32)/t28-/m0/s1. The fourth-order valence-corrected chi connectivity index (χ4v) is 5.69. The topological polar surface area (TPSA) is 67.8 Å². The van der Waals surface area contributed by atoms with E-state index in [-0.39, 0.29) is 6.61 Å². The van der Waals surface area contributed by atoms with E-state index in [0.29, 0.717) is 11.5 Å². The maximum Gasteiger partial charge on any atom is 0.408 e. The number of hydrogen-bond acceptors (Lipinski definition) is 4. The van der Waals surface area contributed by atoms with Gasteiger partial charge in [-0.3, -0.25) is 0 Å². The fourth-order valence-electron chi connectivity index (χ4n) is 5.69. The highest BCUT2D eigenvalue weighted by molar-refractivity contribution is 5.85. The lowest BCUT2D eigenvalue weighted by atomic mass is 9.65. The van der Waals surface area contributed by atoms with Crippen LogP contribution in [0.2, 0.25) is 0 Å². The van der Waals surface area contributed by atoms with E-state index in [1.807, 2.05) is 45.0 Å². The molecule has 2 aliphatic carbocycles. The number of alkyl carbamates (subject to hydrolysis) is 1.